The van der Waals surface area contributed by atoms with E-state index in [1.807, 2.05) is 49.4 Å². The number of carboxylic acids is 1. The summed E-state index contributed by atoms with van der Waals surface area (Å²) in [5.74, 6) is -0.480. The fourth-order valence-electron chi connectivity index (χ4n) is 5.64. The number of carboxylic acid groups (broad SMARTS) is 1. The van der Waals surface area contributed by atoms with Crippen molar-refractivity contribution in [2.24, 2.45) is 4.99 Å². The van der Waals surface area contributed by atoms with E-state index >= 15 is 0 Å². The third kappa shape index (κ3) is 6.97. The molecule has 0 radical (unpaired) electrons. The monoisotopic (exact) mass is 605 g/mol. The molecule has 8 heteroatoms. The maximum Gasteiger partial charge on any atom is 0.339 e. The molecule has 0 fully saturated rings. The molecule has 0 saturated heterocycles. The quantitative estimate of drug-likeness (QED) is 0.153. The second kappa shape index (κ2) is 13.6. The Morgan fingerprint density at radius 2 is 1.53 bits per heavy atom. The lowest BCUT2D eigenvalue weighted by Crippen LogP contribution is -2.37. The van der Waals surface area contributed by atoms with Crippen LogP contribution < -0.4 is 14.2 Å². The second-order valence-corrected chi connectivity index (χ2v) is 11.0. The average molecular weight is 606 g/mol. The largest absolute Gasteiger partial charge is 0.497 e. The lowest BCUT2D eigenvalue weighted by atomic mass is 9.72. The summed E-state index contributed by atoms with van der Waals surface area (Å²) in [5, 5.41) is 20.7. The van der Waals surface area contributed by atoms with Crippen LogP contribution in [0.3, 0.4) is 0 Å². The van der Waals surface area contributed by atoms with E-state index in [4.69, 9.17) is 19.2 Å². The van der Waals surface area contributed by atoms with Crippen molar-refractivity contribution < 1.29 is 34.0 Å². The lowest BCUT2D eigenvalue weighted by molar-refractivity contribution is 0.0693. The van der Waals surface area contributed by atoms with Gasteiger partial charge in [-0.25, -0.2) is 4.79 Å². The number of carbonyl (C=O) groups excluding carboxylic acids is 1. The number of aliphatic hydroxyl groups excluding tert-OH is 1. The molecule has 3 atom stereocenters. The number of aryl methyl sites for hydroxylation is 1. The normalized spacial score (nSPS) is 16.6. The number of Topliss-reactive ketones (excluding diaryl/α,β-unsaturated/α-hetero) is 1. The van der Waals surface area contributed by atoms with Gasteiger partial charge in [0.2, 0.25) is 0 Å². The first kappa shape index (κ1) is 31.2. The van der Waals surface area contributed by atoms with E-state index in [-0.39, 0.29) is 17.1 Å². The number of hydrogen-bond donors (Lipinski definition) is 2. The van der Waals surface area contributed by atoms with Crippen molar-refractivity contribution in [3.63, 3.8) is 0 Å². The molecule has 4 aromatic rings. The van der Waals surface area contributed by atoms with Gasteiger partial charge >= 0.3 is 5.97 Å². The van der Waals surface area contributed by atoms with Gasteiger partial charge in [-0.2, -0.15) is 0 Å². The molecule has 4 aromatic carbocycles. The number of hydrogen-bond acceptors (Lipinski definition) is 7. The summed E-state index contributed by atoms with van der Waals surface area (Å²) in [6, 6.07) is 26.4. The molecule has 5 rings (SSSR count). The molecule has 8 nitrogen and oxygen atoms in total. The number of methoxy groups -OCH3 is 2. The van der Waals surface area contributed by atoms with Crippen LogP contribution in [0.25, 0.3) is 0 Å². The van der Waals surface area contributed by atoms with Gasteiger partial charge in [0.25, 0.3) is 0 Å². The Kier molecular flexibility index (Phi) is 9.45. The zero-order chi connectivity index (χ0) is 32.0. The number of allylic oxidation sites excluding steroid dienone is 1. The number of rotatable bonds is 13. The van der Waals surface area contributed by atoms with Crippen molar-refractivity contribution >= 4 is 18.0 Å². The predicted molar refractivity (Wildman–Crippen MR) is 172 cm³/mol. The fourth-order valence-corrected chi connectivity index (χ4v) is 5.64. The van der Waals surface area contributed by atoms with E-state index in [1.54, 1.807) is 60.8 Å². The second-order valence-electron chi connectivity index (χ2n) is 11.0. The van der Waals surface area contributed by atoms with Gasteiger partial charge in [0.1, 0.15) is 28.6 Å². The third-order valence-electron chi connectivity index (χ3n) is 8.00. The smallest absolute Gasteiger partial charge is 0.339 e. The van der Waals surface area contributed by atoms with Crippen LogP contribution in [0, 0.1) is 6.92 Å². The molecule has 0 saturated carbocycles. The van der Waals surface area contributed by atoms with E-state index in [9.17, 15) is 19.8 Å². The van der Waals surface area contributed by atoms with Crippen LogP contribution in [-0.2, 0) is 0 Å². The van der Waals surface area contributed by atoms with Crippen LogP contribution in [0.4, 0.5) is 0 Å². The van der Waals surface area contributed by atoms with Gasteiger partial charge in [0.05, 0.1) is 31.8 Å². The Balaban J connectivity index is 1.53. The fraction of sp³-hybridized carbons (Fsp3) is 0.216. The third-order valence-corrected chi connectivity index (χ3v) is 8.00. The van der Waals surface area contributed by atoms with Crippen LogP contribution in [0.15, 0.2) is 108 Å². The summed E-state index contributed by atoms with van der Waals surface area (Å²) in [4.78, 5) is 31.2. The Morgan fingerprint density at radius 3 is 2.13 bits per heavy atom. The maximum absolute atomic E-state index is 14.5. The maximum atomic E-state index is 14.5. The molecule has 1 heterocycles. The van der Waals surface area contributed by atoms with Crippen LogP contribution in [0.5, 0.6) is 23.0 Å². The standard InChI is InChI=1S/C37H35NO7/c1-24-10-15-31(36(41)42)33(20-24)45-28-13-11-26(12-14-28)34(35(40)27-21-29(43-2)23-30(22-27)44-3)37(17-7-19-38-37)18-16-32(39)25-8-5-4-6-9-25/h4-15,17,19-23,32,34,39H,16,18H2,1-3H3,(H,41,42). The van der Waals surface area contributed by atoms with Crippen molar-refractivity contribution in [1.82, 2.24) is 0 Å². The van der Waals surface area contributed by atoms with Crippen LogP contribution in [0.2, 0.25) is 0 Å². The number of aliphatic hydroxyl groups is 1. The van der Waals surface area contributed by atoms with Crippen molar-refractivity contribution in [2.45, 2.75) is 37.3 Å². The molecule has 0 aliphatic carbocycles. The van der Waals surface area contributed by atoms with Crippen molar-refractivity contribution in [3.05, 3.63) is 131 Å². The molecular weight excluding hydrogens is 570 g/mol. The van der Waals surface area contributed by atoms with Crippen molar-refractivity contribution in [2.75, 3.05) is 14.2 Å². The summed E-state index contributed by atoms with van der Waals surface area (Å²) in [7, 11) is 3.05. The van der Waals surface area contributed by atoms with E-state index in [0.717, 1.165) is 11.1 Å². The molecule has 1 aliphatic heterocycles. The van der Waals surface area contributed by atoms with Crippen molar-refractivity contribution in [3.8, 4) is 23.0 Å². The van der Waals surface area contributed by atoms with Crippen molar-refractivity contribution in [1.29, 1.82) is 0 Å². The first-order valence-corrected chi connectivity index (χ1v) is 14.6. The number of aromatic carboxylic acids is 1. The molecule has 1 aliphatic rings. The van der Waals surface area contributed by atoms with Gasteiger partial charge in [-0.15, -0.1) is 0 Å². The van der Waals surface area contributed by atoms with Crippen LogP contribution in [0.1, 0.15) is 62.3 Å². The average Bonchev–Trinajstić information content (AvgIpc) is 3.54. The highest BCUT2D eigenvalue weighted by atomic mass is 16.5. The zero-order valence-corrected chi connectivity index (χ0v) is 25.3. The molecule has 230 valence electrons. The first-order chi connectivity index (χ1) is 21.7. The number of nitrogens with zero attached hydrogens (tertiary/aromatic N) is 1. The van der Waals surface area contributed by atoms with Gasteiger partial charge in [-0.1, -0.05) is 54.6 Å². The SMILES string of the molecule is COc1cc(OC)cc(C(=O)C(c2ccc(Oc3cc(C)ccc3C(=O)O)cc2)C2(CCC(O)c3ccccc3)C=CC=N2)c1. The zero-order valence-electron chi connectivity index (χ0n) is 25.3. The van der Waals surface area contributed by atoms with Crippen LogP contribution >= 0.6 is 0 Å². The summed E-state index contributed by atoms with van der Waals surface area (Å²) in [6.45, 7) is 1.86. The minimum absolute atomic E-state index is 0.0473. The van der Waals surface area contributed by atoms with Gasteiger partial charge in [-0.3, -0.25) is 9.79 Å². The lowest BCUT2D eigenvalue weighted by Gasteiger charge is -2.34. The van der Waals surface area contributed by atoms with E-state index in [0.29, 0.717) is 41.2 Å². The first-order valence-electron chi connectivity index (χ1n) is 14.6. The summed E-state index contributed by atoms with van der Waals surface area (Å²) in [5.41, 5.74) is 1.77. The number of ketones is 1. The molecule has 45 heavy (non-hydrogen) atoms. The molecular formula is C37H35NO7. The number of benzene rings is 4. The Hall–Kier alpha value is -5.21. The molecule has 0 aromatic heterocycles. The minimum Gasteiger partial charge on any atom is -0.497 e. The van der Waals surface area contributed by atoms with Gasteiger partial charge < -0.3 is 24.4 Å². The predicted octanol–water partition coefficient (Wildman–Crippen LogP) is 7.36. The van der Waals surface area contributed by atoms with Gasteiger partial charge in [0, 0.05) is 17.8 Å². The van der Waals surface area contributed by atoms with Gasteiger partial charge in [-0.05, 0) is 78.9 Å². The molecule has 0 bridgehead atoms. The Morgan fingerprint density at radius 1 is 0.844 bits per heavy atom. The molecule has 3 unspecified atom stereocenters. The summed E-state index contributed by atoms with van der Waals surface area (Å²) < 4.78 is 16.9. The minimum atomic E-state index is -1.09. The number of carbonyl (C=O) groups is 2. The molecule has 2 N–H and O–H groups in total. The Labute approximate surface area is 262 Å². The van der Waals surface area contributed by atoms with E-state index in [1.165, 1.54) is 20.3 Å². The van der Waals surface area contributed by atoms with E-state index in [2.05, 4.69) is 0 Å². The highest BCUT2D eigenvalue weighted by Crippen LogP contribution is 2.43. The molecule has 0 amide bonds. The van der Waals surface area contributed by atoms with Gasteiger partial charge in [0.15, 0.2) is 5.78 Å². The number of aliphatic imine (C=N–C) groups is 1. The van der Waals surface area contributed by atoms with Crippen LogP contribution in [-0.4, -0.2) is 47.9 Å². The topological polar surface area (TPSA) is 115 Å². The summed E-state index contributed by atoms with van der Waals surface area (Å²) >= 11 is 0. The highest BCUT2D eigenvalue weighted by molar-refractivity contribution is 6.03. The van der Waals surface area contributed by atoms with E-state index < -0.39 is 23.5 Å². The molecule has 0 spiro atoms. The number of ether oxygens (including phenoxy) is 3. The Bertz CT molecular complexity index is 1690. The highest BCUT2D eigenvalue weighted by Gasteiger charge is 2.43. The summed E-state index contributed by atoms with van der Waals surface area (Å²) in [6.07, 6.45) is 5.43.